The van der Waals surface area contributed by atoms with E-state index >= 15 is 0 Å². The van der Waals surface area contributed by atoms with Crippen molar-refractivity contribution in [3.05, 3.63) is 58.2 Å². The molecule has 2 heterocycles. The molecule has 1 aliphatic rings. The minimum Gasteiger partial charge on any atom is -0.384 e. The van der Waals surface area contributed by atoms with Gasteiger partial charge >= 0.3 is 0 Å². The molecule has 0 saturated heterocycles. The number of anilines is 1. The van der Waals surface area contributed by atoms with Crippen molar-refractivity contribution >= 4 is 17.4 Å². The summed E-state index contributed by atoms with van der Waals surface area (Å²) in [5.74, 6) is 0.525. The van der Waals surface area contributed by atoms with Crippen LogP contribution in [0.5, 0.6) is 0 Å². The molecule has 98 valence electrons. The fraction of sp³-hybridized carbons (Fsp3) is 0.267. The molecule has 2 aromatic rings. The quantitative estimate of drug-likeness (QED) is 0.915. The third kappa shape index (κ3) is 2.72. The van der Waals surface area contributed by atoms with Crippen LogP contribution >= 0.6 is 11.6 Å². The molecule has 0 fully saturated rings. The van der Waals surface area contributed by atoms with E-state index in [1.807, 2.05) is 6.07 Å². The number of hydrogen-bond donors (Lipinski definition) is 1. The Morgan fingerprint density at radius 3 is 2.79 bits per heavy atom. The van der Waals surface area contributed by atoms with E-state index in [4.69, 9.17) is 17.3 Å². The number of hydrogen-bond acceptors (Lipinski definition) is 3. The van der Waals surface area contributed by atoms with E-state index < -0.39 is 0 Å². The Balaban J connectivity index is 1.77. The second-order valence-electron chi connectivity index (χ2n) is 4.89. The average molecular weight is 274 g/mol. The Labute approximate surface area is 118 Å². The number of pyridine rings is 1. The van der Waals surface area contributed by atoms with Crippen molar-refractivity contribution in [2.75, 3.05) is 12.3 Å². The predicted octanol–water partition coefficient (Wildman–Crippen LogP) is 2.88. The smallest absolute Gasteiger partial charge is 0.123 e. The van der Waals surface area contributed by atoms with Gasteiger partial charge in [-0.25, -0.2) is 4.98 Å². The van der Waals surface area contributed by atoms with Crippen molar-refractivity contribution < 1.29 is 0 Å². The van der Waals surface area contributed by atoms with E-state index in [9.17, 15) is 0 Å². The van der Waals surface area contributed by atoms with Gasteiger partial charge in [-0.05, 0) is 29.7 Å². The van der Waals surface area contributed by atoms with E-state index in [-0.39, 0.29) is 0 Å². The van der Waals surface area contributed by atoms with Crippen molar-refractivity contribution in [2.45, 2.75) is 19.5 Å². The third-order valence-electron chi connectivity index (χ3n) is 3.52. The fourth-order valence-corrected chi connectivity index (χ4v) is 2.68. The van der Waals surface area contributed by atoms with Crippen molar-refractivity contribution in [3.8, 4) is 0 Å². The minimum atomic E-state index is 0.525. The van der Waals surface area contributed by atoms with Crippen LogP contribution in [0.15, 0.2) is 36.4 Å². The first kappa shape index (κ1) is 12.5. The zero-order valence-corrected chi connectivity index (χ0v) is 11.4. The lowest BCUT2D eigenvalue weighted by molar-refractivity contribution is 0.243. The van der Waals surface area contributed by atoms with Gasteiger partial charge in [0, 0.05) is 19.6 Å². The van der Waals surface area contributed by atoms with Gasteiger partial charge in [0.1, 0.15) is 5.82 Å². The molecule has 1 aromatic heterocycles. The molecular weight excluding hydrogens is 258 g/mol. The van der Waals surface area contributed by atoms with Crippen LogP contribution in [0.25, 0.3) is 0 Å². The lowest BCUT2D eigenvalue weighted by Gasteiger charge is -2.28. The van der Waals surface area contributed by atoms with Gasteiger partial charge in [-0.3, -0.25) is 4.90 Å². The maximum absolute atomic E-state index is 6.17. The van der Waals surface area contributed by atoms with E-state index in [1.165, 1.54) is 11.1 Å². The highest BCUT2D eigenvalue weighted by molar-refractivity contribution is 6.31. The fourth-order valence-electron chi connectivity index (χ4n) is 2.51. The summed E-state index contributed by atoms with van der Waals surface area (Å²) in [5, 5.41) is 0.688. The van der Waals surface area contributed by atoms with Crippen molar-refractivity contribution in [1.29, 1.82) is 0 Å². The van der Waals surface area contributed by atoms with E-state index in [2.05, 4.69) is 34.1 Å². The SMILES string of the molecule is Nc1ccc(Cl)c(CN2CCc3ccccc3C2)n1. The van der Waals surface area contributed by atoms with Crippen LogP contribution in [-0.4, -0.2) is 16.4 Å². The van der Waals surface area contributed by atoms with Gasteiger partial charge in [-0.15, -0.1) is 0 Å². The lowest BCUT2D eigenvalue weighted by atomic mass is 10.00. The van der Waals surface area contributed by atoms with Gasteiger partial charge in [-0.1, -0.05) is 35.9 Å². The predicted molar refractivity (Wildman–Crippen MR) is 77.9 cm³/mol. The van der Waals surface area contributed by atoms with Gasteiger partial charge in [0.15, 0.2) is 0 Å². The van der Waals surface area contributed by atoms with Crippen LogP contribution in [0.4, 0.5) is 5.82 Å². The second kappa shape index (κ2) is 5.19. The standard InChI is InChI=1S/C15H16ClN3/c16-13-5-6-15(17)18-14(13)10-19-8-7-11-3-1-2-4-12(11)9-19/h1-6H,7-10H2,(H2,17,18). The molecule has 1 aliphatic heterocycles. The molecule has 0 spiro atoms. The Kier molecular flexibility index (Phi) is 3.40. The van der Waals surface area contributed by atoms with Gasteiger partial charge < -0.3 is 5.73 Å². The molecule has 3 rings (SSSR count). The maximum Gasteiger partial charge on any atom is 0.123 e. The summed E-state index contributed by atoms with van der Waals surface area (Å²) >= 11 is 6.17. The summed E-state index contributed by atoms with van der Waals surface area (Å²) in [4.78, 5) is 6.68. The number of halogens is 1. The average Bonchev–Trinajstić information content (AvgIpc) is 2.43. The number of nitrogens with zero attached hydrogens (tertiary/aromatic N) is 2. The topological polar surface area (TPSA) is 42.1 Å². The normalized spacial score (nSPS) is 15.2. The molecule has 0 bridgehead atoms. The van der Waals surface area contributed by atoms with Gasteiger partial charge in [0.2, 0.25) is 0 Å². The first-order valence-electron chi connectivity index (χ1n) is 6.42. The summed E-state index contributed by atoms with van der Waals surface area (Å²) < 4.78 is 0. The van der Waals surface area contributed by atoms with Crippen LogP contribution in [0, 0.1) is 0 Å². The van der Waals surface area contributed by atoms with Crippen molar-refractivity contribution in [1.82, 2.24) is 9.88 Å². The van der Waals surface area contributed by atoms with Crippen molar-refractivity contribution in [2.24, 2.45) is 0 Å². The molecular formula is C15H16ClN3. The summed E-state index contributed by atoms with van der Waals surface area (Å²) in [7, 11) is 0. The molecule has 3 nitrogen and oxygen atoms in total. The summed E-state index contributed by atoms with van der Waals surface area (Å²) in [6.45, 7) is 2.73. The Morgan fingerprint density at radius 2 is 1.95 bits per heavy atom. The molecule has 0 amide bonds. The zero-order chi connectivity index (χ0) is 13.2. The molecule has 4 heteroatoms. The summed E-state index contributed by atoms with van der Waals surface area (Å²) in [6, 6.07) is 12.1. The van der Waals surface area contributed by atoms with Crippen LogP contribution < -0.4 is 5.73 Å². The van der Waals surface area contributed by atoms with E-state index in [1.54, 1.807) is 6.07 Å². The van der Waals surface area contributed by atoms with Crippen molar-refractivity contribution in [3.63, 3.8) is 0 Å². The maximum atomic E-state index is 6.17. The molecule has 0 unspecified atom stereocenters. The number of benzene rings is 1. The molecule has 2 N–H and O–H groups in total. The monoisotopic (exact) mass is 273 g/mol. The molecule has 0 aliphatic carbocycles. The van der Waals surface area contributed by atoms with E-state index in [0.29, 0.717) is 10.8 Å². The van der Waals surface area contributed by atoms with Crippen LogP contribution in [-0.2, 0) is 19.5 Å². The Bertz CT molecular complexity index is 598. The highest BCUT2D eigenvalue weighted by atomic mass is 35.5. The largest absolute Gasteiger partial charge is 0.384 e. The molecule has 0 radical (unpaired) electrons. The van der Waals surface area contributed by atoms with Crippen LogP contribution in [0.2, 0.25) is 5.02 Å². The zero-order valence-electron chi connectivity index (χ0n) is 10.6. The van der Waals surface area contributed by atoms with Crippen LogP contribution in [0.1, 0.15) is 16.8 Å². The summed E-state index contributed by atoms with van der Waals surface area (Å²) in [5.41, 5.74) is 9.43. The number of aromatic nitrogens is 1. The molecule has 0 saturated carbocycles. The summed E-state index contributed by atoms with van der Waals surface area (Å²) in [6.07, 6.45) is 1.08. The Hall–Kier alpha value is -1.58. The molecule has 0 atom stereocenters. The molecule has 19 heavy (non-hydrogen) atoms. The highest BCUT2D eigenvalue weighted by Crippen LogP contribution is 2.22. The lowest BCUT2D eigenvalue weighted by Crippen LogP contribution is -2.30. The Morgan fingerprint density at radius 1 is 1.16 bits per heavy atom. The molecule has 1 aromatic carbocycles. The van der Waals surface area contributed by atoms with E-state index in [0.717, 1.165) is 31.7 Å². The van der Waals surface area contributed by atoms with Gasteiger partial charge in [0.05, 0.1) is 10.7 Å². The van der Waals surface area contributed by atoms with Gasteiger partial charge in [0.25, 0.3) is 0 Å². The second-order valence-corrected chi connectivity index (χ2v) is 5.30. The third-order valence-corrected chi connectivity index (χ3v) is 3.87. The highest BCUT2D eigenvalue weighted by Gasteiger charge is 2.17. The number of nitrogen functional groups attached to an aromatic ring is 1. The number of rotatable bonds is 2. The van der Waals surface area contributed by atoms with Gasteiger partial charge in [-0.2, -0.15) is 0 Å². The number of fused-ring (bicyclic) bond motifs is 1. The number of nitrogens with two attached hydrogens (primary N) is 1. The first-order valence-corrected chi connectivity index (χ1v) is 6.80. The first-order chi connectivity index (χ1) is 9.22. The minimum absolute atomic E-state index is 0.525. The van der Waals surface area contributed by atoms with Crippen LogP contribution in [0.3, 0.4) is 0 Å².